The first-order valence-corrected chi connectivity index (χ1v) is 11.2. The number of ether oxygens (including phenoxy) is 1. The first kappa shape index (κ1) is 22.9. The van der Waals surface area contributed by atoms with Crippen LogP contribution in [0.2, 0.25) is 0 Å². The summed E-state index contributed by atoms with van der Waals surface area (Å²) >= 11 is 0. The van der Waals surface area contributed by atoms with E-state index in [4.69, 9.17) is 4.74 Å². The lowest BCUT2D eigenvalue weighted by Gasteiger charge is -2.44. The van der Waals surface area contributed by atoms with Crippen LogP contribution in [0, 0.1) is 11.7 Å². The van der Waals surface area contributed by atoms with Crippen molar-refractivity contribution in [1.82, 2.24) is 20.0 Å². The first-order valence-electron chi connectivity index (χ1n) is 11.2. The van der Waals surface area contributed by atoms with Crippen LogP contribution in [0.25, 0.3) is 0 Å². The van der Waals surface area contributed by atoms with Crippen molar-refractivity contribution in [3.05, 3.63) is 53.1 Å². The Bertz CT molecular complexity index is 1060. The minimum Gasteiger partial charge on any atom is -0.464 e. The van der Waals surface area contributed by atoms with Gasteiger partial charge in [-0.25, -0.2) is 9.18 Å². The Kier molecular flexibility index (Phi) is 6.23. The highest BCUT2D eigenvalue weighted by molar-refractivity contribution is 6.01. The second kappa shape index (κ2) is 8.96. The van der Waals surface area contributed by atoms with Crippen LogP contribution in [-0.4, -0.2) is 51.2 Å². The molecule has 0 spiro atoms. The predicted molar refractivity (Wildman–Crippen MR) is 118 cm³/mol. The zero-order chi connectivity index (χ0) is 23.8. The van der Waals surface area contributed by atoms with E-state index in [9.17, 15) is 18.8 Å². The van der Waals surface area contributed by atoms with Gasteiger partial charge in [-0.05, 0) is 56.2 Å². The molecule has 1 aromatic heterocycles. The SMILES string of the molecule is COC(=O)c1cc2n(n1)C[C@@](C)(C(=O)NC1CCC(C)CC1)N(Cc1ccc(F)cc1)C2=O. The Labute approximate surface area is 192 Å². The lowest BCUT2D eigenvalue weighted by Crippen LogP contribution is -2.64. The standard InChI is InChI=1S/C24H29FN4O4/c1-15-4-10-18(11-5-15)26-23(32)24(2)14-29-20(12-19(27-29)22(31)33-3)21(30)28(24)13-16-6-8-17(25)9-7-16/h6-9,12,15,18H,4-5,10-11,13-14H2,1-3H3,(H,26,32)/t15?,18?,24-/m0/s1. The van der Waals surface area contributed by atoms with Crippen molar-refractivity contribution in [2.24, 2.45) is 5.92 Å². The minimum absolute atomic E-state index is 0.00788. The Balaban J connectivity index is 1.66. The molecule has 176 valence electrons. The third-order valence-corrected chi connectivity index (χ3v) is 6.79. The lowest BCUT2D eigenvalue weighted by atomic mass is 9.86. The summed E-state index contributed by atoms with van der Waals surface area (Å²) in [5.41, 5.74) is -0.347. The molecule has 2 aromatic rings. The molecule has 0 saturated heterocycles. The van der Waals surface area contributed by atoms with Crippen molar-refractivity contribution in [3.8, 4) is 0 Å². The van der Waals surface area contributed by atoms with Gasteiger partial charge < -0.3 is 15.0 Å². The molecule has 0 unspecified atom stereocenters. The number of carbonyl (C=O) groups is 3. The molecular formula is C24H29FN4O4. The zero-order valence-corrected chi connectivity index (χ0v) is 19.1. The molecular weight excluding hydrogens is 427 g/mol. The number of nitrogens with one attached hydrogen (secondary N) is 1. The number of hydrogen-bond acceptors (Lipinski definition) is 5. The van der Waals surface area contributed by atoms with Crippen molar-refractivity contribution in [1.29, 1.82) is 0 Å². The van der Waals surface area contributed by atoms with E-state index in [0.29, 0.717) is 11.5 Å². The molecule has 2 aliphatic rings. The maximum Gasteiger partial charge on any atom is 0.358 e. The average Bonchev–Trinajstić information content (AvgIpc) is 3.22. The second-order valence-electron chi connectivity index (χ2n) is 9.29. The van der Waals surface area contributed by atoms with Crippen LogP contribution in [0.1, 0.15) is 66.1 Å². The summed E-state index contributed by atoms with van der Waals surface area (Å²) in [4.78, 5) is 40.6. The number of esters is 1. The van der Waals surface area contributed by atoms with Gasteiger partial charge in [-0.3, -0.25) is 14.3 Å². The smallest absolute Gasteiger partial charge is 0.358 e. The maximum atomic E-state index is 13.6. The fourth-order valence-electron chi connectivity index (χ4n) is 4.61. The van der Waals surface area contributed by atoms with E-state index in [1.165, 1.54) is 34.9 Å². The Morgan fingerprint density at radius 1 is 1.21 bits per heavy atom. The summed E-state index contributed by atoms with van der Waals surface area (Å²) in [6.45, 7) is 4.12. The molecule has 1 aliphatic carbocycles. The van der Waals surface area contributed by atoms with E-state index in [-0.39, 0.29) is 42.2 Å². The van der Waals surface area contributed by atoms with Crippen LogP contribution in [0.4, 0.5) is 4.39 Å². The summed E-state index contributed by atoms with van der Waals surface area (Å²) in [5, 5.41) is 7.37. The van der Waals surface area contributed by atoms with Gasteiger partial charge in [0.15, 0.2) is 5.69 Å². The number of nitrogens with zero attached hydrogens (tertiary/aromatic N) is 3. The third kappa shape index (κ3) is 4.49. The van der Waals surface area contributed by atoms with Gasteiger partial charge in [-0.2, -0.15) is 5.10 Å². The van der Waals surface area contributed by atoms with Gasteiger partial charge in [-0.15, -0.1) is 0 Å². The van der Waals surface area contributed by atoms with Crippen molar-refractivity contribution in [2.45, 2.75) is 64.2 Å². The fraction of sp³-hybridized carbons (Fsp3) is 0.500. The molecule has 1 fully saturated rings. The summed E-state index contributed by atoms with van der Waals surface area (Å²) in [5.74, 6) is -1.08. The summed E-state index contributed by atoms with van der Waals surface area (Å²) < 4.78 is 19.6. The van der Waals surface area contributed by atoms with E-state index in [1.807, 2.05) is 0 Å². The fourth-order valence-corrected chi connectivity index (χ4v) is 4.61. The molecule has 2 heterocycles. The molecule has 8 nitrogen and oxygen atoms in total. The van der Waals surface area contributed by atoms with Crippen LogP contribution >= 0.6 is 0 Å². The third-order valence-electron chi connectivity index (χ3n) is 6.79. The van der Waals surface area contributed by atoms with Crippen LogP contribution < -0.4 is 5.32 Å². The number of methoxy groups -OCH3 is 1. The Hall–Kier alpha value is -3.23. The van der Waals surface area contributed by atoms with Gasteiger partial charge in [0.2, 0.25) is 5.91 Å². The van der Waals surface area contributed by atoms with Gasteiger partial charge >= 0.3 is 5.97 Å². The molecule has 0 bridgehead atoms. The van der Waals surface area contributed by atoms with Gasteiger partial charge in [0.25, 0.3) is 5.91 Å². The number of rotatable bonds is 5. The summed E-state index contributed by atoms with van der Waals surface area (Å²) in [6.07, 6.45) is 3.89. The molecule has 1 N–H and O–H groups in total. The number of benzene rings is 1. The van der Waals surface area contributed by atoms with E-state index >= 15 is 0 Å². The van der Waals surface area contributed by atoms with Crippen LogP contribution in [-0.2, 0) is 22.6 Å². The highest BCUT2D eigenvalue weighted by Crippen LogP contribution is 2.31. The molecule has 1 saturated carbocycles. The number of carbonyl (C=O) groups excluding carboxylic acids is 3. The maximum absolute atomic E-state index is 13.6. The van der Waals surface area contributed by atoms with E-state index < -0.39 is 17.4 Å². The van der Waals surface area contributed by atoms with Crippen molar-refractivity contribution in [3.63, 3.8) is 0 Å². The molecule has 9 heteroatoms. The van der Waals surface area contributed by atoms with Gasteiger partial charge in [0, 0.05) is 18.7 Å². The average molecular weight is 457 g/mol. The van der Waals surface area contributed by atoms with Gasteiger partial charge in [-0.1, -0.05) is 19.1 Å². The molecule has 4 rings (SSSR count). The highest BCUT2D eigenvalue weighted by Gasteiger charge is 2.48. The molecule has 1 aliphatic heterocycles. The number of fused-ring (bicyclic) bond motifs is 1. The molecule has 0 radical (unpaired) electrons. The normalized spacial score (nSPS) is 24.8. The summed E-state index contributed by atoms with van der Waals surface area (Å²) in [6, 6.07) is 7.27. The quantitative estimate of drug-likeness (QED) is 0.699. The lowest BCUT2D eigenvalue weighted by molar-refractivity contribution is -0.134. The van der Waals surface area contributed by atoms with Crippen molar-refractivity contribution >= 4 is 17.8 Å². The predicted octanol–water partition coefficient (Wildman–Crippen LogP) is 2.92. The number of halogens is 1. The minimum atomic E-state index is -1.25. The first-order chi connectivity index (χ1) is 15.7. The Morgan fingerprint density at radius 2 is 1.88 bits per heavy atom. The van der Waals surface area contributed by atoms with Crippen LogP contribution in [0.3, 0.4) is 0 Å². The van der Waals surface area contributed by atoms with E-state index in [0.717, 1.165) is 25.7 Å². The highest BCUT2D eigenvalue weighted by atomic mass is 19.1. The van der Waals surface area contributed by atoms with Crippen molar-refractivity contribution in [2.75, 3.05) is 7.11 Å². The second-order valence-corrected chi connectivity index (χ2v) is 9.29. The van der Waals surface area contributed by atoms with Gasteiger partial charge in [0.1, 0.15) is 17.1 Å². The molecule has 2 amide bonds. The molecule has 1 aromatic carbocycles. The zero-order valence-electron chi connectivity index (χ0n) is 19.1. The number of hydrogen-bond donors (Lipinski definition) is 1. The monoisotopic (exact) mass is 456 g/mol. The van der Waals surface area contributed by atoms with Crippen LogP contribution in [0.5, 0.6) is 0 Å². The largest absolute Gasteiger partial charge is 0.464 e. The van der Waals surface area contributed by atoms with E-state index in [2.05, 4.69) is 17.3 Å². The number of aromatic nitrogens is 2. The van der Waals surface area contributed by atoms with E-state index in [1.54, 1.807) is 19.1 Å². The van der Waals surface area contributed by atoms with Gasteiger partial charge in [0.05, 0.1) is 13.7 Å². The Morgan fingerprint density at radius 3 is 2.52 bits per heavy atom. The topological polar surface area (TPSA) is 93.5 Å². The molecule has 1 atom stereocenters. The summed E-state index contributed by atoms with van der Waals surface area (Å²) in [7, 11) is 1.24. The number of amides is 2. The molecule has 33 heavy (non-hydrogen) atoms. The van der Waals surface area contributed by atoms with Crippen LogP contribution in [0.15, 0.2) is 30.3 Å². The van der Waals surface area contributed by atoms with Crippen molar-refractivity contribution < 1.29 is 23.5 Å².